The van der Waals surface area contributed by atoms with Gasteiger partial charge in [0.05, 0.1) is 19.7 Å². The van der Waals surface area contributed by atoms with Gasteiger partial charge in [-0.05, 0) is 0 Å². The number of rotatable bonds is 12. The molecule has 0 spiro atoms. The average Bonchev–Trinajstić information content (AvgIpc) is 3.35. The Morgan fingerprint density at radius 1 is 0.833 bits per heavy atom. The molecule has 0 amide bonds. The van der Waals surface area contributed by atoms with Crippen LogP contribution in [0.25, 0.3) is 0 Å². The van der Waals surface area contributed by atoms with Gasteiger partial charge in [-0.15, -0.1) is 0 Å². The number of aliphatic hydroxyl groups is 1. The Bertz CT molecular complexity index is 530. The normalized spacial score (nSPS) is 20.5. The SMILES string of the molecule is O=C=C(CN1CC1)C(CO)(CC(=O)CN1CC1)CC(=O)CN1CC1. The summed E-state index contributed by atoms with van der Waals surface area (Å²) in [6.45, 7) is 6.13. The summed E-state index contributed by atoms with van der Waals surface area (Å²) < 4.78 is 0. The molecule has 0 aromatic rings. The molecule has 3 fully saturated rings. The monoisotopic (exact) mass is 335 g/mol. The first-order chi connectivity index (χ1) is 11.5. The van der Waals surface area contributed by atoms with Crippen molar-refractivity contribution < 1.29 is 19.5 Å². The molecule has 3 aliphatic heterocycles. The molecular formula is C17H25N3O4. The van der Waals surface area contributed by atoms with Crippen LogP contribution in [0.5, 0.6) is 0 Å². The van der Waals surface area contributed by atoms with Gasteiger partial charge in [-0.25, -0.2) is 4.79 Å². The van der Waals surface area contributed by atoms with Crippen molar-refractivity contribution in [2.24, 2.45) is 5.41 Å². The molecule has 3 saturated heterocycles. The summed E-state index contributed by atoms with van der Waals surface area (Å²) in [5, 5.41) is 10.1. The highest BCUT2D eigenvalue weighted by Gasteiger charge is 2.42. The molecule has 1 N–H and O–H groups in total. The smallest absolute Gasteiger partial charge is 0.147 e. The maximum Gasteiger partial charge on any atom is 0.147 e. The lowest BCUT2D eigenvalue weighted by atomic mass is 9.73. The van der Waals surface area contributed by atoms with E-state index in [4.69, 9.17) is 0 Å². The van der Waals surface area contributed by atoms with Gasteiger partial charge in [0.1, 0.15) is 17.5 Å². The second-order valence-corrected chi connectivity index (χ2v) is 7.28. The third-order valence-electron chi connectivity index (χ3n) is 4.94. The van der Waals surface area contributed by atoms with E-state index in [1.54, 1.807) is 0 Å². The zero-order valence-corrected chi connectivity index (χ0v) is 14.0. The first kappa shape index (κ1) is 17.5. The molecule has 0 radical (unpaired) electrons. The van der Waals surface area contributed by atoms with Gasteiger partial charge < -0.3 is 5.11 Å². The molecule has 24 heavy (non-hydrogen) atoms. The number of ketones is 2. The summed E-state index contributed by atoms with van der Waals surface area (Å²) in [5.41, 5.74) is -0.731. The topological polar surface area (TPSA) is 80.5 Å². The minimum Gasteiger partial charge on any atom is -0.395 e. The van der Waals surface area contributed by atoms with Gasteiger partial charge in [0, 0.05) is 69.6 Å². The molecule has 3 aliphatic rings. The fourth-order valence-electron chi connectivity index (χ4n) is 3.07. The summed E-state index contributed by atoms with van der Waals surface area (Å²) in [6, 6.07) is 0. The van der Waals surface area contributed by atoms with Crippen LogP contribution in [0.15, 0.2) is 5.57 Å². The Kier molecular flexibility index (Phi) is 5.27. The second-order valence-electron chi connectivity index (χ2n) is 7.28. The number of hydrogen-bond donors (Lipinski definition) is 1. The standard InChI is InChI=1S/C17H25N3O4/c21-12-14(9-18-1-2-18)17(13-22,7-15(23)10-19-3-4-19)8-16(24)11-20-5-6-20/h22H,1-11,13H2. The molecule has 0 aromatic heterocycles. The minimum absolute atomic E-state index is 0.0281. The van der Waals surface area contributed by atoms with Crippen molar-refractivity contribution in [3.05, 3.63) is 5.57 Å². The molecule has 132 valence electrons. The maximum absolute atomic E-state index is 12.4. The van der Waals surface area contributed by atoms with Crippen LogP contribution in [0.4, 0.5) is 0 Å². The van der Waals surface area contributed by atoms with Crippen LogP contribution in [0.3, 0.4) is 0 Å². The molecule has 3 rings (SSSR count). The van der Waals surface area contributed by atoms with Gasteiger partial charge in [0.15, 0.2) is 0 Å². The Hall–Kier alpha value is -1.37. The van der Waals surface area contributed by atoms with Crippen molar-refractivity contribution in [1.29, 1.82) is 0 Å². The Morgan fingerprint density at radius 2 is 1.25 bits per heavy atom. The maximum atomic E-state index is 12.4. The van der Waals surface area contributed by atoms with E-state index in [-0.39, 0.29) is 31.0 Å². The molecule has 7 nitrogen and oxygen atoms in total. The van der Waals surface area contributed by atoms with E-state index < -0.39 is 5.41 Å². The summed E-state index contributed by atoms with van der Waals surface area (Å²) in [4.78, 5) is 42.3. The lowest BCUT2D eigenvalue weighted by Crippen LogP contribution is -2.38. The summed E-state index contributed by atoms with van der Waals surface area (Å²) in [5.74, 6) is 1.89. The number of carbonyl (C=O) groups is 2. The Labute approximate surface area is 141 Å². The average molecular weight is 335 g/mol. The van der Waals surface area contributed by atoms with E-state index in [1.807, 2.05) is 20.6 Å². The van der Waals surface area contributed by atoms with Crippen LogP contribution in [0, 0.1) is 5.41 Å². The van der Waals surface area contributed by atoms with Crippen LogP contribution in [-0.2, 0) is 14.4 Å². The molecule has 0 aliphatic carbocycles. The predicted octanol–water partition coefficient (Wildman–Crippen LogP) is -1.41. The largest absolute Gasteiger partial charge is 0.395 e. The molecule has 0 atom stereocenters. The van der Waals surface area contributed by atoms with Crippen LogP contribution in [0.2, 0.25) is 0 Å². The number of hydrogen-bond acceptors (Lipinski definition) is 7. The number of Topliss-reactive ketones (excluding diaryl/α,β-unsaturated/α-hetero) is 2. The number of nitrogens with zero attached hydrogens (tertiary/aromatic N) is 3. The molecule has 7 heteroatoms. The molecule has 0 unspecified atom stereocenters. The van der Waals surface area contributed by atoms with E-state index in [0.717, 1.165) is 39.3 Å². The van der Waals surface area contributed by atoms with Crippen molar-refractivity contribution in [2.75, 3.05) is 65.5 Å². The zero-order valence-electron chi connectivity index (χ0n) is 14.0. The van der Waals surface area contributed by atoms with Gasteiger partial charge in [-0.3, -0.25) is 24.3 Å². The van der Waals surface area contributed by atoms with Crippen LogP contribution < -0.4 is 0 Å². The number of aliphatic hydroxyl groups excluding tert-OH is 1. The van der Waals surface area contributed by atoms with Gasteiger partial charge in [-0.1, -0.05) is 0 Å². The quantitative estimate of drug-likeness (QED) is 0.347. The van der Waals surface area contributed by atoms with Gasteiger partial charge in [0.25, 0.3) is 0 Å². The zero-order chi connectivity index (χ0) is 17.2. The fraction of sp³-hybridized carbons (Fsp3) is 0.765. The first-order valence-corrected chi connectivity index (χ1v) is 8.60. The van der Waals surface area contributed by atoms with E-state index in [0.29, 0.717) is 25.2 Å². The van der Waals surface area contributed by atoms with Gasteiger partial charge in [-0.2, -0.15) is 0 Å². The van der Waals surface area contributed by atoms with Crippen molar-refractivity contribution in [3.63, 3.8) is 0 Å². The Balaban J connectivity index is 1.73. The van der Waals surface area contributed by atoms with Crippen molar-refractivity contribution in [2.45, 2.75) is 12.8 Å². The molecule has 0 bridgehead atoms. The predicted molar refractivity (Wildman–Crippen MR) is 87.3 cm³/mol. The molecule has 0 saturated carbocycles. The first-order valence-electron chi connectivity index (χ1n) is 8.60. The summed E-state index contributed by atoms with van der Waals surface area (Å²) >= 11 is 0. The van der Waals surface area contributed by atoms with Crippen LogP contribution in [-0.4, -0.2) is 103 Å². The van der Waals surface area contributed by atoms with Crippen molar-refractivity contribution in [3.8, 4) is 0 Å². The van der Waals surface area contributed by atoms with E-state index in [1.165, 1.54) is 0 Å². The van der Waals surface area contributed by atoms with Gasteiger partial charge >= 0.3 is 0 Å². The highest BCUT2D eigenvalue weighted by atomic mass is 16.3. The van der Waals surface area contributed by atoms with Crippen LogP contribution in [0.1, 0.15) is 12.8 Å². The lowest BCUT2D eigenvalue weighted by Gasteiger charge is -2.32. The Morgan fingerprint density at radius 3 is 1.58 bits per heavy atom. The van der Waals surface area contributed by atoms with Gasteiger partial charge in [0.2, 0.25) is 0 Å². The van der Waals surface area contributed by atoms with Crippen molar-refractivity contribution in [1.82, 2.24) is 14.7 Å². The summed E-state index contributed by atoms with van der Waals surface area (Å²) in [7, 11) is 0. The van der Waals surface area contributed by atoms with E-state index in [2.05, 4.69) is 0 Å². The van der Waals surface area contributed by atoms with E-state index >= 15 is 0 Å². The lowest BCUT2D eigenvalue weighted by molar-refractivity contribution is -0.124. The molecule has 3 heterocycles. The highest BCUT2D eigenvalue weighted by molar-refractivity contribution is 5.86. The third-order valence-corrected chi connectivity index (χ3v) is 4.94. The second kappa shape index (κ2) is 7.25. The highest BCUT2D eigenvalue weighted by Crippen LogP contribution is 2.36. The van der Waals surface area contributed by atoms with Crippen molar-refractivity contribution >= 4 is 17.5 Å². The molecular weight excluding hydrogens is 310 g/mol. The van der Waals surface area contributed by atoms with E-state index in [9.17, 15) is 19.5 Å². The molecule has 0 aromatic carbocycles. The fourth-order valence-corrected chi connectivity index (χ4v) is 3.07. The minimum atomic E-state index is -1.09. The van der Waals surface area contributed by atoms with Crippen LogP contribution >= 0.6 is 0 Å². The summed E-state index contributed by atoms with van der Waals surface area (Å²) in [6.07, 6.45) is 0.0638. The third kappa shape index (κ3) is 4.82. The number of carbonyl (C=O) groups excluding carboxylic acids is 3.